The number of hydrogen-bond acceptors (Lipinski definition) is 5. The minimum Gasteiger partial charge on any atom is -0.469 e. The van der Waals surface area contributed by atoms with E-state index >= 15 is 0 Å². The van der Waals surface area contributed by atoms with Gasteiger partial charge in [0.05, 0.1) is 37.9 Å². The van der Waals surface area contributed by atoms with Crippen LogP contribution in [0.15, 0.2) is 18.2 Å². The molecule has 0 bridgehead atoms. The second kappa shape index (κ2) is 7.21. The minimum absolute atomic E-state index is 0.107. The van der Waals surface area contributed by atoms with Crippen molar-refractivity contribution in [1.29, 1.82) is 5.26 Å². The van der Waals surface area contributed by atoms with Crippen LogP contribution in [0.25, 0.3) is 0 Å². The molecule has 0 amide bonds. The number of carbonyl (C=O) groups excluding carboxylic acids is 1. The van der Waals surface area contributed by atoms with Crippen LogP contribution in [0, 0.1) is 18.3 Å². The first-order valence-corrected chi connectivity index (χ1v) is 7.02. The molecule has 5 nitrogen and oxygen atoms in total. The van der Waals surface area contributed by atoms with E-state index in [-0.39, 0.29) is 12.1 Å². The second-order valence-electron chi connectivity index (χ2n) is 5.26. The van der Waals surface area contributed by atoms with Crippen molar-refractivity contribution in [3.05, 3.63) is 34.9 Å². The molecule has 1 fully saturated rings. The van der Waals surface area contributed by atoms with Gasteiger partial charge in [0.1, 0.15) is 0 Å². The molecule has 21 heavy (non-hydrogen) atoms. The number of esters is 1. The molecule has 112 valence electrons. The molecule has 0 N–H and O–H groups in total. The van der Waals surface area contributed by atoms with Crippen molar-refractivity contribution < 1.29 is 14.3 Å². The van der Waals surface area contributed by atoms with E-state index in [1.165, 1.54) is 12.7 Å². The second-order valence-corrected chi connectivity index (χ2v) is 5.26. The average molecular weight is 288 g/mol. The number of methoxy groups -OCH3 is 1. The van der Waals surface area contributed by atoms with Gasteiger partial charge in [0.25, 0.3) is 0 Å². The molecule has 0 aromatic heterocycles. The maximum atomic E-state index is 11.3. The van der Waals surface area contributed by atoms with Crippen LogP contribution in [-0.2, 0) is 20.8 Å². The number of morpholine rings is 1. The lowest BCUT2D eigenvalue weighted by Crippen LogP contribution is -2.43. The van der Waals surface area contributed by atoms with E-state index in [1.54, 1.807) is 0 Å². The van der Waals surface area contributed by atoms with Crippen LogP contribution in [0.4, 0.5) is 0 Å². The summed E-state index contributed by atoms with van der Waals surface area (Å²) in [6, 6.07) is 7.89. The summed E-state index contributed by atoms with van der Waals surface area (Å²) in [7, 11) is 1.39. The number of nitriles is 1. The number of nitrogens with zero attached hydrogens (tertiary/aromatic N) is 2. The fourth-order valence-electron chi connectivity index (χ4n) is 2.50. The summed E-state index contributed by atoms with van der Waals surface area (Å²) in [5, 5.41) is 8.90. The number of benzene rings is 1. The molecule has 1 unspecified atom stereocenters. The fourth-order valence-corrected chi connectivity index (χ4v) is 2.50. The highest BCUT2D eigenvalue weighted by molar-refractivity contribution is 5.69. The van der Waals surface area contributed by atoms with Gasteiger partial charge in [0, 0.05) is 19.6 Å². The van der Waals surface area contributed by atoms with Crippen molar-refractivity contribution >= 4 is 5.97 Å². The van der Waals surface area contributed by atoms with Crippen LogP contribution >= 0.6 is 0 Å². The summed E-state index contributed by atoms with van der Waals surface area (Å²) < 4.78 is 10.3. The summed E-state index contributed by atoms with van der Waals surface area (Å²) in [5.41, 5.74) is 3.00. The van der Waals surface area contributed by atoms with Gasteiger partial charge in [0.15, 0.2) is 0 Å². The smallest absolute Gasteiger partial charge is 0.308 e. The zero-order valence-corrected chi connectivity index (χ0v) is 12.5. The number of ether oxygens (including phenoxy) is 2. The van der Waals surface area contributed by atoms with E-state index in [2.05, 4.69) is 15.7 Å². The first-order valence-electron chi connectivity index (χ1n) is 7.02. The van der Waals surface area contributed by atoms with E-state index in [9.17, 15) is 4.79 Å². The zero-order valence-electron chi connectivity index (χ0n) is 12.5. The summed E-state index contributed by atoms with van der Waals surface area (Å²) in [5.74, 6) is -0.239. The molecule has 0 saturated carbocycles. The number of rotatable bonds is 4. The summed E-state index contributed by atoms with van der Waals surface area (Å²) >= 11 is 0. The van der Waals surface area contributed by atoms with Gasteiger partial charge >= 0.3 is 5.97 Å². The van der Waals surface area contributed by atoms with Gasteiger partial charge in [-0.2, -0.15) is 5.26 Å². The lowest BCUT2D eigenvalue weighted by atomic mass is 10.0. The Kier molecular flexibility index (Phi) is 5.32. The first kappa shape index (κ1) is 15.5. The largest absolute Gasteiger partial charge is 0.469 e. The van der Waals surface area contributed by atoms with Crippen LogP contribution in [0.3, 0.4) is 0 Å². The molecule has 0 aliphatic carbocycles. The van der Waals surface area contributed by atoms with Gasteiger partial charge in [-0.1, -0.05) is 6.07 Å². The van der Waals surface area contributed by atoms with Crippen LogP contribution in [0.1, 0.15) is 23.1 Å². The summed E-state index contributed by atoms with van der Waals surface area (Å²) in [6.45, 7) is 5.00. The predicted octanol–water partition coefficient (Wildman–Crippen LogP) is 1.63. The third-order valence-corrected chi connectivity index (χ3v) is 3.71. The van der Waals surface area contributed by atoms with Gasteiger partial charge in [-0.15, -0.1) is 0 Å². The van der Waals surface area contributed by atoms with E-state index in [0.29, 0.717) is 25.1 Å². The van der Waals surface area contributed by atoms with Gasteiger partial charge in [-0.25, -0.2) is 0 Å². The summed E-state index contributed by atoms with van der Waals surface area (Å²) in [4.78, 5) is 13.6. The van der Waals surface area contributed by atoms with Gasteiger partial charge < -0.3 is 9.47 Å². The molecule has 2 rings (SSSR count). The van der Waals surface area contributed by atoms with Gasteiger partial charge in [-0.3, -0.25) is 9.69 Å². The standard InChI is InChI=1S/C16H20N2O3/c1-12-7-13(9-17)3-4-14(12)10-18-5-6-21-15(11-18)8-16(19)20-2/h3-4,7,15H,5-6,8,10-11H2,1-2H3. The van der Waals surface area contributed by atoms with Crippen molar-refractivity contribution in [3.63, 3.8) is 0 Å². The Bertz CT molecular complexity index is 551. The maximum Gasteiger partial charge on any atom is 0.308 e. The quantitative estimate of drug-likeness (QED) is 0.788. The van der Waals surface area contributed by atoms with Crippen LogP contribution in [0.2, 0.25) is 0 Å². The molecular formula is C16H20N2O3. The molecule has 0 spiro atoms. The lowest BCUT2D eigenvalue weighted by Gasteiger charge is -2.32. The first-order chi connectivity index (χ1) is 10.1. The Morgan fingerprint density at radius 2 is 2.38 bits per heavy atom. The molecule has 1 heterocycles. The number of carbonyl (C=O) groups is 1. The topological polar surface area (TPSA) is 62.6 Å². The number of hydrogen-bond donors (Lipinski definition) is 0. The van der Waals surface area contributed by atoms with E-state index in [1.807, 2.05) is 25.1 Å². The predicted molar refractivity (Wildman–Crippen MR) is 77.5 cm³/mol. The SMILES string of the molecule is COC(=O)CC1CN(Cc2ccc(C#N)cc2C)CCO1. The molecule has 1 aliphatic heterocycles. The highest BCUT2D eigenvalue weighted by Gasteiger charge is 2.23. The Labute approximate surface area is 125 Å². The Morgan fingerprint density at radius 1 is 1.57 bits per heavy atom. The molecule has 1 aromatic rings. The van der Waals surface area contributed by atoms with Crippen LogP contribution < -0.4 is 0 Å². The molecule has 1 aromatic carbocycles. The molecule has 1 saturated heterocycles. The van der Waals surface area contributed by atoms with Crippen LogP contribution in [0.5, 0.6) is 0 Å². The molecule has 1 atom stereocenters. The monoisotopic (exact) mass is 288 g/mol. The number of aryl methyl sites for hydroxylation is 1. The zero-order chi connectivity index (χ0) is 15.2. The molecular weight excluding hydrogens is 268 g/mol. The third-order valence-electron chi connectivity index (χ3n) is 3.71. The van der Waals surface area contributed by atoms with Crippen molar-refractivity contribution in [1.82, 2.24) is 4.90 Å². The Balaban J connectivity index is 1.96. The van der Waals surface area contributed by atoms with Crippen molar-refractivity contribution in [2.24, 2.45) is 0 Å². The summed E-state index contributed by atoms with van der Waals surface area (Å²) in [6.07, 6.45) is 0.184. The van der Waals surface area contributed by atoms with E-state index < -0.39 is 0 Å². The molecule has 5 heteroatoms. The molecule has 1 aliphatic rings. The van der Waals surface area contributed by atoms with Gasteiger partial charge in [0.2, 0.25) is 0 Å². The Morgan fingerprint density at radius 3 is 3.05 bits per heavy atom. The third kappa shape index (κ3) is 4.28. The van der Waals surface area contributed by atoms with E-state index in [4.69, 9.17) is 10.00 Å². The fraction of sp³-hybridized carbons (Fsp3) is 0.500. The molecule has 0 radical (unpaired) electrons. The van der Waals surface area contributed by atoms with Gasteiger partial charge in [-0.05, 0) is 30.2 Å². The lowest BCUT2D eigenvalue weighted by molar-refractivity contribution is -0.145. The minimum atomic E-state index is -0.239. The highest BCUT2D eigenvalue weighted by atomic mass is 16.5. The van der Waals surface area contributed by atoms with E-state index in [0.717, 1.165) is 18.7 Å². The van der Waals surface area contributed by atoms with Crippen molar-refractivity contribution in [2.45, 2.75) is 26.0 Å². The highest BCUT2D eigenvalue weighted by Crippen LogP contribution is 2.16. The normalized spacial score (nSPS) is 19.0. The van der Waals surface area contributed by atoms with Crippen molar-refractivity contribution in [2.75, 3.05) is 26.8 Å². The van der Waals surface area contributed by atoms with Crippen molar-refractivity contribution in [3.8, 4) is 6.07 Å². The van der Waals surface area contributed by atoms with Crippen LogP contribution in [-0.4, -0.2) is 43.8 Å². The average Bonchev–Trinajstić information content (AvgIpc) is 2.49. The Hall–Kier alpha value is -1.90. The maximum absolute atomic E-state index is 11.3.